The van der Waals surface area contributed by atoms with Crippen molar-refractivity contribution < 1.29 is 19.1 Å². The van der Waals surface area contributed by atoms with Gasteiger partial charge in [-0.2, -0.15) is 0 Å². The predicted molar refractivity (Wildman–Crippen MR) is 112 cm³/mol. The molecule has 0 saturated carbocycles. The number of fused-ring (bicyclic) bond motifs is 1. The largest absolute Gasteiger partial charge is 0.486 e. The summed E-state index contributed by atoms with van der Waals surface area (Å²) >= 11 is 0. The molecule has 3 aromatic rings. The molecule has 2 amide bonds. The lowest BCUT2D eigenvalue weighted by Crippen LogP contribution is -2.39. The Morgan fingerprint density at radius 3 is 2.43 bits per heavy atom. The van der Waals surface area contributed by atoms with E-state index < -0.39 is 6.04 Å². The van der Waals surface area contributed by atoms with Crippen LogP contribution in [0.25, 0.3) is 0 Å². The third kappa shape index (κ3) is 4.10. The number of carbonyl (C=O) groups excluding carboxylic acids is 2. The number of amides is 2. The predicted octanol–water partition coefficient (Wildman–Crippen LogP) is 3.30. The van der Waals surface area contributed by atoms with Crippen molar-refractivity contribution in [2.75, 3.05) is 25.6 Å². The third-order valence-corrected chi connectivity index (χ3v) is 4.77. The van der Waals surface area contributed by atoms with Gasteiger partial charge in [-0.1, -0.05) is 36.4 Å². The first kappa shape index (κ1) is 19.4. The van der Waals surface area contributed by atoms with E-state index in [0.717, 1.165) is 0 Å². The molecule has 0 fully saturated rings. The maximum atomic E-state index is 13.3. The quantitative estimate of drug-likeness (QED) is 0.707. The Morgan fingerprint density at radius 1 is 0.967 bits per heavy atom. The molecule has 0 radical (unpaired) electrons. The molecule has 2 heterocycles. The molecular weight excluding hydrogens is 382 g/mol. The topological polar surface area (TPSA) is 80.8 Å². The van der Waals surface area contributed by atoms with Crippen molar-refractivity contribution in [1.29, 1.82) is 0 Å². The number of aromatic nitrogens is 1. The first-order chi connectivity index (χ1) is 14.6. The molecule has 1 atom stereocenters. The summed E-state index contributed by atoms with van der Waals surface area (Å²) < 4.78 is 11.1. The Balaban J connectivity index is 1.61. The number of hydrogen-bond acceptors (Lipinski definition) is 5. The molecule has 1 aliphatic rings. The molecule has 2 aromatic carbocycles. The van der Waals surface area contributed by atoms with Crippen molar-refractivity contribution in [1.82, 2.24) is 9.88 Å². The zero-order chi connectivity index (χ0) is 20.9. The summed E-state index contributed by atoms with van der Waals surface area (Å²) in [6, 6.07) is 18.6. The molecule has 0 bridgehead atoms. The van der Waals surface area contributed by atoms with Crippen LogP contribution in [0, 0.1) is 0 Å². The minimum Gasteiger partial charge on any atom is -0.486 e. The van der Waals surface area contributed by atoms with Crippen molar-refractivity contribution in [3.05, 3.63) is 84.2 Å². The number of ether oxygens (including phenoxy) is 2. The Kier molecular flexibility index (Phi) is 5.61. The van der Waals surface area contributed by atoms with E-state index in [2.05, 4.69) is 10.3 Å². The summed E-state index contributed by atoms with van der Waals surface area (Å²) in [5.74, 6) is 0.529. The smallest absolute Gasteiger partial charge is 0.273 e. The first-order valence-corrected chi connectivity index (χ1v) is 9.57. The van der Waals surface area contributed by atoms with E-state index in [1.807, 2.05) is 30.3 Å². The van der Waals surface area contributed by atoms with Gasteiger partial charge in [0.05, 0.1) is 0 Å². The van der Waals surface area contributed by atoms with Crippen LogP contribution < -0.4 is 14.8 Å². The molecule has 1 aliphatic heterocycles. The minimum absolute atomic E-state index is 0.271. The fourth-order valence-corrected chi connectivity index (χ4v) is 3.31. The molecule has 30 heavy (non-hydrogen) atoms. The van der Waals surface area contributed by atoms with Gasteiger partial charge < -0.3 is 19.7 Å². The molecule has 152 valence electrons. The number of rotatable bonds is 5. The van der Waals surface area contributed by atoms with E-state index in [9.17, 15) is 9.59 Å². The van der Waals surface area contributed by atoms with E-state index in [1.54, 1.807) is 49.6 Å². The average Bonchev–Trinajstić information content (AvgIpc) is 2.80. The maximum absolute atomic E-state index is 13.3. The van der Waals surface area contributed by atoms with Gasteiger partial charge in [-0.15, -0.1) is 0 Å². The van der Waals surface area contributed by atoms with E-state index in [4.69, 9.17) is 9.47 Å². The van der Waals surface area contributed by atoms with Crippen molar-refractivity contribution in [3.8, 4) is 11.5 Å². The highest BCUT2D eigenvalue weighted by atomic mass is 16.6. The lowest BCUT2D eigenvalue weighted by molar-refractivity contribution is -0.120. The SMILES string of the molecule is CN(C(=O)c1ccccn1)[C@H](C(=O)Nc1ccc2c(c1)OCCO2)c1ccccc1. The summed E-state index contributed by atoms with van der Waals surface area (Å²) in [4.78, 5) is 31.7. The number of nitrogens with zero attached hydrogens (tertiary/aromatic N) is 2. The highest BCUT2D eigenvalue weighted by Crippen LogP contribution is 2.33. The summed E-state index contributed by atoms with van der Waals surface area (Å²) in [5, 5.41) is 2.89. The van der Waals surface area contributed by atoms with Gasteiger partial charge in [0.1, 0.15) is 24.9 Å². The second-order valence-corrected chi connectivity index (χ2v) is 6.79. The highest BCUT2D eigenvalue weighted by molar-refractivity contribution is 6.01. The van der Waals surface area contributed by atoms with Crippen molar-refractivity contribution >= 4 is 17.5 Å². The van der Waals surface area contributed by atoms with Gasteiger partial charge >= 0.3 is 0 Å². The van der Waals surface area contributed by atoms with Gasteiger partial charge in [0.2, 0.25) is 0 Å². The van der Waals surface area contributed by atoms with Crippen LogP contribution in [0.2, 0.25) is 0 Å². The number of anilines is 1. The third-order valence-electron chi connectivity index (χ3n) is 4.77. The monoisotopic (exact) mass is 403 g/mol. The number of hydrogen-bond donors (Lipinski definition) is 1. The van der Waals surface area contributed by atoms with Gasteiger partial charge in [-0.25, -0.2) is 0 Å². The van der Waals surface area contributed by atoms with Crippen LogP contribution in [0.3, 0.4) is 0 Å². The molecule has 7 heteroatoms. The summed E-state index contributed by atoms with van der Waals surface area (Å²) in [6.07, 6.45) is 1.55. The molecule has 0 spiro atoms. The molecule has 0 saturated heterocycles. The Bertz CT molecular complexity index is 1040. The van der Waals surface area contributed by atoms with Crippen LogP contribution in [0.1, 0.15) is 22.1 Å². The highest BCUT2D eigenvalue weighted by Gasteiger charge is 2.30. The number of carbonyl (C=O) groups is 2. The van der Waals surface area contributed by atoms with Gasteiger partial charge in [-0.05, 0) is 29.8 Å². The Hall–Kier alpha value is -3.87. The molecule has 0 aliphatic carbocycles. The Morgan fingerprint density at radius 2 is 1.70 bits per heavy atom. The molecule has 1 N–H and O–H groups in total. The van der Waals surface area contributed by atoms with Gasteiger partial charge in [0, 0.05) is 25.0 Å². The van der Waals surface area contributed by atoms with E-state index in [0.29, 0.717) is 36.0 Å². The number of nitrogens with one attached hydrogen (secondary N) is 1. The number of likely N-dealkylation sites (N-methyl/N-ethyl adjacent to an activating group) is 1. The minimum atomic E-state index is -0.839. The van der Waals surface area contributed by atoms with Crippen molar-refractivity contribution in [2.45, 2.75) is 6.04 Å². The summed E-state index contributed by atoms with van der Waals surface area (Å²) in [5.41, 5.74) is 1.52. The van der Waals surface area contributed by atoms with E-state index in [1.165, 1.54) is 4.90 Å². The summed E-state index contributed by atoms with van der Waals surface area (Å²) in [7, 11) is 1.60. The lowest BCUT2D eigenvalue weighted by Gasteiger charge is -2.28. The normalized spacial score (nSPS) is 13.2. The molecule has 1 aromatic heterocycles. The van der Waals surface area contributed by atoms with Crippen LogP contribution in [0.4, 0.5) is 5.69 Å². The van der Waals surface area contributed by atoms with Crippen LogP contribution in [-0.2, 0) is 4.79 Å². The molecule has 7 nitrogen and oxygen atoms in total. The number of benzene rings is 2. The van der Waals surface area contributed by atoms with E-state index in [-0.39, 0.29) is 17.5 Å². The van der Waals surface area contributed by atoms with Crippen LogP contribution in [0.15, 0.2) is 72.9 Å². The fraction of sp³-hybridized carbons (Fsp3) is 0.174. The van der Waals surface area contributed by atoms with E-state index >= 15 is 0 Å². The molecule has 0 unspecified atom stereocenters. The molecular formula is C23H21N3O4. The van der Waals surface area contributed by atoms with Crippen LogP contribution in [0.5, 0.6) is 11.5 Å². The van der Waals surface area contributed by atoms with Gasteiger partial charge in [-0.3, -0.25) is 14.6 Å². The van der Waals surface area contributed by atoms with Crippen molar-refractivity contribution in [3.63, 3.8) is 0 Å². The second kappa shape index (κ2) is 8.65. The Labute approximate surface area is 174 Å². The lowest BCUT2D eigenvalue weighted by atomic mass is 10.0. The first-order valence-electron chi connectivity index (χ1n) is 9.57. The zero-order valence-corrected chi connectivity index (χ0v) is 16.4. The fourth-order valence-electron chi connectivity index (χ4n) is 3.31. The van der Waals surface area contributed by atoms with Gasteiger partial charge in [0.15, 0.2) is 11.5 Å². The standard InChI is InChI=1S/C23H21N3O4/c1-26(23(28)18-9-5-6-12-24-18)21(16-7-3-2-4-8-16)22(27)25-17-10-11-19-20(15-17)30-14-13-29-19/h2-12,15,21H,13-14H2,1H3,(H,25,27)/t21-/m0/s1. The molecule has 4 rings (SSSR count). The van der Waals surface area contributed by atoms with Crippen LogP contribution >= 0.6 is 0 Å². The number of pyridine rings is 1. The zero-order valence-electron chi connectivity index (χ0n) is 16.4. The van der Waals surface area contributed by atoms with Crippen LogP contribution in [-0.4, -0.2) is 42.0 Å². The second-order valence-electron chi connectivity index (χ2n) is 6.79. The van der Waals surface area contributed by atoms with Crippen molar-refractivity contribution in [2.24, 2.45) is 0 Å². The van der Waals surface area contributed by atoms with Gasteiger partial charge in [0.25, 0.3) is 11.8 Å². The maximum Gasteiger partial charge on any atom is 0.273 e. The summed E-state index contributed by atoms with van der Waals surface area (Å²) in [6.45, 7) is 0.952. The average molecular weight is 403 g/mol.